The molecule has 0 saturated heterocycles. The molecular weight excluding hydrogens is 534 g/mol. The van der Waals surface area contributed by atoms with Gasteiger partial charge in [0.25, 0.3) is 0 Å². The fraction of sp³-hybridized carbons (Fsp3) is 0.366. The van der Waals surface area contributed by atoms with Crippen LogP contribution in [-0.4, -0.2) is 11.8 Å². The molecular formula is C41H47N3. The van der Waals surface area contributed by atoms with E-state index in [1.807, 2.05) is 6.08 Å². The van der Waals surface area contributed by atoms with E-state index < -0.39 is 0 Å². The molecule has 1 aliphatic carbocycles. The fourth-order valence-electron chi connectivity index (χ4n) is 7.45. The predicted octanol–water partition coefficient (Wildman–Crippen LogP) is 10.7. The van der Waals surface area contributed by atoms with Gasteiger partial charge in [0.1, 0.15) is 0 Å². The normalized spacial score (nSPS) is 22.7. The van der Waals surface area contributed by atoms with Crippen molar-refractivity contribution in [3.63, 3.8) is 0 Å². The van der Waals surface area contributed by atoms with Crippen LogP contribution in [0, 0.1) is 0 Å². The highest BCUT2D eigenvalue weighted by Crippen LogP contribution is 2.47. The molecule has 2 heterocycles. The number of hydrogen-bond donors (Lipinski definition) is 2. The molecule has 226 valence electrons. The zero-order valence-electron chi connectivity index (χ0n) is 27.3. The third-order valence-corrected chi connectivity index (χ3v) is 10.1. The van der Waals surface area contributed by atoms with E-state index in [9.17, 15) is 0 Å². The summed E-state index contributed by atoms with van der Waals surface area (Å²) in [6.07, 6.45) is 13.2. The minimum atomic E-state index is -0.174. The van der Waals surface area contributed by atoms with Crippen LogP contribution in [0.3, 0.4) is 0 Å². The van der Waals surface area contributed by atoms with E-state index in [0.717, 1.165) is 42.7 Å². The number of hydrogen-bond acceptors (Lipinski definition) is 3. The van der Waals surface area contributed by atoms with Crippen molar-refractivity contribution in [1.29, 1.82) is 0 Å². The number of rotatable bonds is 5. The Morgan fingerprint density at radius 2 is 1.73 bits per heavy atom. The number of benzene rings is 3. The molecule has 3 aliphatic rings. The molecule has 6 rings (SSSR count). The SMILES string of the molecule is C=C=C/C(=N\C(=C/C)c1cccc2c1NC(C)CC2)C1Nc2c(C(C)C)cccc2[C@H](C)[C@@H](C)c2ccc3c(c21)C=CCC3. The van der Waals surface area contributed by atoms with Crippen LogP contribution in [0.2, 0.25) is 0 Å². The lowest BCUT2D eigenvalue weighted by Crippen LogP contribution is -2.28. The molecule has 0 saturated carbocycles. The third-order valence-electron chi connectivity index (χ3n) is 10.1. The van der Waals surface area contributed by atoms with Gasteiger partial charge in [0.2, 0.25) is 0 Å². The molecule has 2 aliphatic heterocycles. The van der Waals surface area contributed by atoms with E-state index >= 15 is 0 Å². The van der Waals surface area contributed by atoms with Gasteiger partial charge in [-0.25, -0.2) is 4.99 Å². The van der Waals surface area contributed by atoms with Gasteiger partial charge in [-0.3, -0.25) is 0 Å². The first-order valence-electron chi connectivity index (χ1n) is 16.5. The van der Waals surface area contributed by atoms with E-state index in [1.165, 1.54) is 50.3 Å². The summed E-state index contributed by atoms with van der Waals surface area (Å²) in [4.78, 5) is 5.52. The molecule has 3 aromatic carbocycles. The van der Waals surface area contributed by atoms with Gasteiger partial charge in [0.15, 0.2) is 0 Å². The van der Waals surface area contributed by atoms with E-state index in [-0.39, 0.29) is 6.04 Å². The maximum atomic E-state index is 5.52. The van der Waals surface area contributed by atoms with E-state index in [1.54, 1.807) is 0 Å². The Hall–Kier alpha value is -4.07. The topological polar surface area (TPSA) is 36.4 Å². The lowest BCUT2D eigenvalue weighted by atomic mass is 9.74. The highest BCUT2D eigenvalue weighted by Gasteiger charge is 2.34. The number of anilines is 2. The number of para-hydroxylation sites is 2. The first-order chi connectivity index (χ1) is 21.3. The Balaban J connectivity index is 1.61. The number of nitrogens with zero attached hydrogens (tertiary/aromatic N) is 1. The number of fused-ring (bicyclic) bond motifs is 5. The lowest BCUT2D eigenvalue weighted by molar-refractivity contribution is 0.609. The van der Waals surface area contributed by atoms with Crippen LogP contribution in [0.15, 0.2) is 84.1 Å². The molecule has 3 aromatic rings. The largest absolute Gasteiger partial charge is 0.382 e. The molecule has 0 radical (unpaired) electrons. The molecule has 0 amide bonds. The van der Waals surface area contributed by atoms with E-state index in [4.69, 9.17) is 4.99 Å². The van der Waals surface area contributed by atoms with Gasteiger partial charge >= 0.3 is 0 Å². The van der Waals surface area contributed by atoms with Crippen LogP contribution in [0.5, 0.6) is 0 Å². The molecule has 0 aromatic heterocycles. The molecule has 2 unspecified atom stereocenters. The second-order valence-corrected chi connectivity index (χ2v) is 13.2. The Morgan fingerprint density at radius 1 is 0.932 bits per heavy atom. The summed E-state index contributed by atoms with van der Waals surface area (Å²) < 4.78 is 0. The average molecular weight is 582 g/mol. The maximum absolute atomic E-state index is 5.52. The molecule has 3 nitrogen and oxygen atoms in total. The fourth-order valence-corrected chi connectivity index (χ4v) is 7.45. The molecule has 0 fully saturated rings. The summed E-state index contributed by atoms with van der Waals surface area (Å²) in [5, 5.41) is 7.91. The monoisotopic (exact) mass is 581 g/mol. The first-order valence-corrected chi connectivity index (χ1v) is 16.5. The van der Waals surface area contributed by atoms with Crippen LogP contribution >= 0.6 is 0 Å². The average Bonchev–Trinajstić information content (AvgIpc) is 3.03. The Kier molecular flexibility index (Phi) is 8.52. The minimum absolute atomic E-state index is 0.174. The highest BCUT2D eigenvalue weighted by atomic mass is 15.0. The van der Waals surface area contributed by atoms with Crippen molar-refractivity contribution in [2.45, 2.75) is 97.1 Å². The van der Waals surface area contributed by atoms with Crippen molar-refractivity contribution in [1.82, 2.24) is 0 Å². The molecule has 3 heteroatoms. The second-order valence-electron chi connectivity index (χ2n) is 13.2. The van der Waals surface area contributed by atoms with Crippen LogP contribution in [0.4, 0.5) is 11.4 Å². The lowest BCUT2D eigenvalue weighted by Gasteiger charge is -2.37. The van der Waals surface area contributed by atoms with Crippen molar-refractivity contribution in [2.75, 3.05) is 10.6 Å². The Morgan fingerprint density at radius 3 is 2.50 bits per heavy atom. The van der Waals surface area contributed by atoms with Crippen molar-refractivity contribution in [3.05, 3.63) is 124 Å². The Labute approximate surface area is 264 Å². The van der Waals surface area contributed by atoms with Crippen LogP contribution in [0.25, 0.3) is 11.8 Å². The van der Waals surface area contributed by atoms with Crippen molar-refractivity contribution < 1.29 is 0 Å². The summed E-state index contributed by atoms with van der Waals surface area (Å²) in [6.45, 7) is 17.8. The van der Waals surface area contributed by atoms with Gasteiger partial charge in [-0.05, 0) is 96.2 Å². The zero-order chi connectivity index (χ0) is 31.0. The predicted molar refractivity (Wildman–Crippen MR) is 190 cm³/mol. The maximum Gasteiger partial charge on any atom is 0.0955 e. The minimum Gasteiger partial charge on any atom is -0.382 e. The second kappa shape index (κ2) is 12.5. The van der Waals surface area contributed by atoms with Gasteiger partial charge in [-0.1, -0.05) is 101 Å². The zero-order valence-corrected chi connectivity index (χ0v) is 27.3. The summed E-state index contributed by atoms with van der Waals surface area (Å²) in [6, 6.07) is 18.5. The van der Waals surface area contributed by atoms with E-state index in [0.29, 0.717) is 23.8 Å². The van der Waals surface area contributed by atoms with Gasteiger partial charge in [0, 0.05) is 29.1 Å². The summed E-state index contributed by atoms with van der Waals surface area (Å²) >= 11 is 0. The highest BCUT2D eigenvalue weighted by molar-refractivity contribution is 6.06. The first kappa shape index (κ1) is 30.0. The quantitative estimate of drug-likeness (QED) is 0.232. The van der Waals surface area contributed by atoms with Gasteiger partial charge in [0.05, 0.1) is 17.5 Å². The number of aliphatic imine (C=N–C) groups is 1. The van der Waals surface area contributed by atoms with Crippen molar-refractivity contribution in [3.8, 4) is 0 Å². The standard InChI is InChI=1S/C41H47N3/c1-8-14-37(43-36(9-2)35-20-12-16-30-22-21-26(5)42-39(30)35)41-38-32(24-23-29-15-10-11-17-34(29)38)27(6)28(7)33-19-13-18-31(25(3)4)40(33)44-41/h9,11-14,16-20,23-28,41-42,44H,1,10,15,21-22H2,2-7H3/b36-9-,43-37+/t26?,27-,28-,41?/m1/s1. The van der Waals surface area contributed by atoms with Crippen molar-refractivity contribution >= 4 is 28.9 Å². The van der Waals surface area contributed by atoms with Gasteiger partial charge in [-0.15, -0.1) is 5.73 Å². The molecule has 0 spiro atoms. The van der Waals surface area contributed by atoms with Crippen LogP contribution < -0.4 is 10.6 Å². The number of allylic oxidation sites excluding steroid dienone is 2. The van der Waals surface area contributed by atoms with Crippen molar-refractivity contribution in [2.24, 2.45) is 4.99 Å². The smallest absolute Gasteiger partial charge is 0.0955 e. The molecule has 44 heavy (non-hydrogen) atoms. The third kappa shape index (κ3) is 5.39. The Bertz CT molecular complexity index is 1710. The van der Waals surface area contributed by atoms with Gasteiger partial charge in [-0.2, -0.15) is 0 Å². The molecule has 2 N–H and O–H groups in total. The van der Waals surface area contributed by atoms with E-state index in [2.05, 4.69) is 131 Å². The number of nitrogens with one attached hydrogen (secondary N) is 2. The van der Waals surface area contributed by atoms with Crippen LogP contribution in [-0.2, 0) is 12.8 Å². The summed E-state index contributed by atoms with van der Waals surface area (Å²) in [5.41, 5.74) is 18.2. The summed E-state index contributed by atoms with van der Waals surface area (Å²) in [7, 11) is 0. The van der Waals surface area contributed by atoms with Crippen LogP contribution in [0.1, 0.15) is 123 Å². The van der Waals surface area contributed by atoms with Gasteiger partial charge < -0.3 is 10.6 Å². The molecule has 4 atom stereocenters. The summed E-state index contributed by atoms with van der Waals surface area (Å²) in [5.74, 6) is 1.07. The molecule has 0 bridgehead atoms. The number of aryl methyl sites for hydroxylation is 2.